The van der Waals surface area contributed by atoms with E-state index in [0.717, 1.165) is 28.9 Å². The molecule has 0 aliphatic rings. The average Bonchev–Trinajstić information content (AvgIpc) is 2.72. The Hall–Kier alpha value is -3.14. The van der Waals surface area contributed by atoms with Crippen molar-refractivity contribution in [2.24, 2.45) is 0 Å². The largest absolute Gasteiger partial charge is 0.483 e. The highest BCUT2D eigenvalue weighted by molar-refractivity contribution is 5.93. The number of aromatic nitrogens is 1. The molecule has 1 aromatic heterocycles. The number of amides is 1. The van der Waals surface area contributed by atoms with Crippen LogP contribution in [-0.4, -0.2) is 17.5 Å². The third-order valence-electron chi connectivity index (χ3n) is 4.75. The summed E-state index contributed by atoms with van der Waals surface area (Å²) >= 11 is 0. The number of hydrogen-bond acceptors (Lipinski definition) is 3. The molecule has 0 N–H and O–H groups in total. The van der Waals surface area contributed by atoms with Crippen molar-refractivity contribution < 1.29 is 9.53 Å². The molecule has 3 aromatic rings. The van der Waals surface area contributed by atoms with Gasteiger partial charge >= 0.3 is 0 Å². The molecular formula is C24H26N2O2. The Morgan fingerprint density at radius 2 is 1.61 bits per heavy atom. The summed E-state index contributed by atoms with van der Waals surface area (Å²) in [6, 6.07) is 19.9. The van der Waals surface area contributed by atoms with Crippen molar-refractivity contribution in [2.45, 2.75) is 33.7 Å². The van der Waals surface area contributed by atoms with Gasteiger partial charge < -0.3 is 4.74 Å². The van der Waals surface area contributed by atoms with Crippen molar-refractivity contribution in [2.75, 3.05) is 11.5 Å². The molecule has 3 rings (SSSR count). The lowest BCUT2D eigenvalue weighted by Crippen LogP contribution is -2.35. The standard InChI is InChI=1S/C24H26N2O2/c1-4-20-11-13-21(14-12-20)16-26(22-10-5-6-15-25-22)23(27)17-28-24-18(2)8-7-9-19(24)3/h5-15H,4,16-17H2,1-3H3. The first-order chi connectivity index (χ1) is 13.6. The van der Waals surface area contributed by atoms with Gasteiger partial charge in [0.25, 0.3) is 5.91 Å². The van der Waals surface area contributed by atoms with Crippen LogP contribution in [0.4, 0.5) is 5.82 Å². The van der Waals surface area contributed by atoms with Gasteiger partial charge in [-0.05, 0) is 54.7 Å². The van der Waals surface area contributed by atoms with Crippen LogP contribution < -0.4 is 9.64 Å². The van der Waals surface area contributed by atoms with Gasteiger partial charge in [-0.3, -0.25) is 9.69 Å². The fourth-order valence-corrected chi connectivity index (χ4v) is 3.11. The van der Waals surface area contributed by atoms with Gasteiger partial charge in [0.2, 0.25) is 0 Å². The van der Waals surface area contributed by atoms with Gasteiger partial charge in [0.15, 0.2) is 6.61 Å². The molecule has 28 heavy (non-hydrogen) atoms. The summed E-state index contributed by atoms with van der Waals surface area (Å²) in [6.45, 7) is 6.52. The molecule has 4 nitrogen and oxygen atoms in total. The molecule has 0 unspecified atom stereocenters. The molecule has 0 fully saturated rings. The SMILES string of the molecule is CCc1ccc(CN(C(=O)COc2c(C)cccc2C)c2ccccn2)cc1. The molecule has 0 spiro atoms. The zero-order chi connectivity index (χ0) is 19.9. The van der Waals surface area contributed by atoms with Crippen molar-refractivity contribution in [1.82, 2.24) is 4.98 Å². The molecule has 1 heterocycles. The molecule has 0 saturated heterocycles. The highest BCUT2D eigenvalue weighted by Gasteiger charge is 2.19. The van der Waals surface area contributed by atoms with E-state index in [1.807, 2.05) is 50.2 Å². The van der Waals surface area contributed by atoms with Gasteiger partial charge in [-0.2, -0.15) is 0 Å². The molecule has 144 valence electrons. The summed E-state index contributed by atoms with van der Waals surface area (Å²) in [5.74, 6) is 1.27. The van der Waals surface area contributed by atoms with Crippen molar-refractivity contribution in [3.8, 4) is 5.75 Å². The van der Waals surface area contributed by atoms with E-state index in [1.165, 1.54) is 5.56 Å². The Morgan fingerprint density at radius 1 is 0.929 bits per heavy atom. The number of benzene rings is 2. The summed E-state index contributed by atoms with van der Waals surface area (Å²) in [4.78, 5) is 19.1. The Kier molecular flexibility index (Phi) is 6.43. The molecule has 0 aliphatic carbocycles. The zero-order valence-electron chi connectivity index (χ0n) is 16.7. The first-order valence-corrected chi connectivity index (χ1v) is 9.56. The van der Waals surface area contributed by atoms with Gasteiger partial charge in [-0.15, -0.1) is 0 Å². The lowest BCUT2D eigenvalue weighted by molar-refractivity contribution is -0.120. The van der Waals surface area contributed by atoms with Crippen molar-refractivity contribution >= 4 is 11.7 Å². The van der Waals surface area contributed by atoms with E-state index in [9.17, 15) is 4.79 Å². The molecule has 2 aromatic carbocycles. The van der Waals surface area contributed by atoms with Crippen molar-refractivity contribution in [1.29, 1.82) is 0 Å². The highest BCUT2D eigenvalue weighted by atomic mass is 16.5. The van der Waals surface area contributed by atoms with Crippen LogP contribution in [0.5, 0.6) is 5.75 Å². The summed E-state index contributed by atoms with van der Waals surface area (Å²) in [5, 5.41) is 0. The molecule has 0 saturated carbocycles. The van der Waals surface area contributed by atoms with Crippen LogP contribution in [0.1, 0.15) is 29.2 Å². The quantitative estimate of drug-likeness (QED) is 0.592. The minimum Gasteiger partial charge on any atom is -0.483 e. The number of nitrogens with zero attached hydrogens (tertiary/aromatic N) is 2. The third-order valence-corrected chi connectivity index (χ3v) is 4.75. The summed E-state index contributed by atoms with van der Waals surface area (Å²) in [7, 11) is 0. The number of anilines is 1. The normalized spacial score (nSPS) is 10.5. The molecule has 1 amide bonds. The number of hydrogen-bond donors (Lipinski definition) is 0. The Labute approximate surface area is 166 Å². The van der Waals surface area contributed by atoms with E-state index >= 15 is 0 Å². The smallest absolute Gasteiger partial charge is 0.266 e. The van der Waals surface area contributed by atoms with Crippen LogP contribution >= 0.6 is 0 Å². The number of aryl methyl sites for hydroxylation is 3. The van der Waals surface area contributed by atoms with E-state index in [0.29, 0.717) is 12.4 Å². The minimum absolute atomic E-state index is 0.0324. The van der Waals surface area contributed by atoms with Crippen LogP contribution in [0.3, 0.4) is 0 Å². The van der Waals surface area contributed by atoms with Crippen LogP contribution in [0.25, 0.3) is 0 Å². The number of pyridine rings is 1. The molecule has 0 atom stereocenters. The predicted molar refractivity (Wildman–Crippen MR) is 113 cm³/mol. The van der Waals surface area contributed by atoms with E-state index in [-0.39, 0.29) is 12.5 Å². The topological polar surface area (TPSA) is 42.4 Å². The first-order valence-electron chi connectivity index (χ1n) is 9.56. The second-order valence-electron chi connectivity index (χ2n) is 6.85. The summed E-state index contributed by atoms with van der Waals surface area (Å²) < 4.78 is 5.89. The van der Waals surface area contributed by atoms with E-state index in [2.05, 4.69) is 36.2 Å². The molecule has 0 bridgehead atoms. The maximum absolute atomic E-state index is 13.0. The first kappa shape index (κ1) is 19.6. The van der Waals surface area contributed by atoms with Gasteiger partial charge in [0.1, 0.15) is 11.6 Å². The predicted octanol–water partition coefficient (Wildman–Crippen LogP) is 4.87. The number of carbonyl (C=O) groups excluding carboxylic acids is 1. The number of ether oxygens (including phenoxy) is 1. The number of rotatable bonds is 7. The number of carbonyl (C=O) groups is 1. The van der Waals surface area contributed by atoms with Crippen LogP contribution in [-0.2, 0) is 17.8 Å². The highest BCUT2D eigenvalue weighted by Crippen LogP contribution is 2.23. The van der Waals surface area contributed by atoms with Gasteiger partial charge in [-0.25, -0.2) is 4.98 Å². The van der Waals surface area contributed by atoms with Crippen molar-refractivity contribution in [3.63, 3.8) is 0 Å². The maximum Gasteiger partial charge on any atom is 0.266 e. The third kappa shape index (κ3) is 4.77. The zero-order valence-corrected chi connectivity index (χ0v) is 16.7. The van der Waals surface area contributed by atoms with Crippen LogP contribution in [0.2, 0.25) is 0 Å². The molecule has 4 heteroatoms. The molecule has 0 aliphatic heterocycles. The summed E-state index contributed by atoms with van der Waals surface area (Å²) in [5.41, 5.74) is 4.38. The maximum atomic E-state index is 13.0. The fourth-order valence-electron chi connectivity index (χ4n) is 3.11. The average molecular weight is 374 g/mol. The molecular weight excluding hydrogens is 348 g/mol. The second kappa shape index (κ2) is 9.18. The van der Waals surface area contributed by atoms with E-state index < -0.39 is 0 Å². The number of para-hydroxylation sites is 1. The van der Waals surface area contributed by atoms with Crippen LogP contribution in [0, 0.1) is 13.8 Å². The van der Waals surface area contributed by atoms with E-state index in [4.69, 9.17) is 4.74 Å². The Morgan fingerprint density at radius 3 is 2.21 bits per heavy atom. The molecule has 0 radical (unpaired) electrons. The Balaban J connectivity index is 1.79. The Bertz CT molecular complexity index is 901. The lowest BCUT2D eigenvalue weighted by Gasteiger charge is -2.22. The van der Waals surface area contributed by atoms with E-state index in [1.54, 1.807) is 11.1 Å². The fraction of sp³-hybridized carbons (Fsp3) is 0.250. The van der Waals surface area contributed by atoms with Crippen molar-refractivity contribution in [3.05, 3.63) is 89.1 Å². The van der Waals surface area contributed by atoms with Crippen LogP contribution in [0.15, 0.2) is 66.9 Å². The lowest BCUT2D eigenvalue weighted by atomic mass is 10.1. The monoisotopic (exact) mass is 374 g/mol. The van der Waals surface area contributed by atoms with Gasteiger partial charge in [-0.1, -0.05) is 55.5 Å². The minimum atomic E-state index is -0.124. The van der Waals surface area contributed by atoms with Gasteiger partial charge in [0, 0.05) is 6.20 Å². The summed E-state index contributed by atoms with van der Waals surface area (Å²) in [6.07, 6.45) is 2.69. The van der Waals surface area contributed by atoms with Gasteiger partial charge in [0.05, 0.1) is 6.54 Å². The second-order valence-corrected chi connectivity index (χ2v) is 6.85.